The van der Waals surface area contributed by atoms with Crippen LogP contribution in [0.15, 0.2) is 42.7 Å². The highest BCUT2D eigenvalue weighted by atomic mass is 35.5. The van der Waals surface area contributed by atoms with Crippen LogP contribution in [0, 0.1) is 5.82 Å². The van der Waals surface area contributed by atoms with Crippen LogP contribution in [0.3, 0.4) is 0 Å². The maximum atomic E-state index is 13.5. The van der Waals surface area contributed by atoms with Crippen molar-refractivity contribution in [3.8, 4) is 0 Å². The Morgan fingerprint density at radius 3 is 2.83 bits per heavy atom. The molecule has 1 aliphatic heterocycles. The molecule has 6 heteroatoms. The fourth-order valence-corrected chi connectivity index (χ4v) is 3.12. The Morgan fingerprint density at radius 2 is 2.08 bits per heavy atom. The number of amides is 1. The average molecular weight is 348 g/mol. The van der Waals surface area contributed by atoms with Gasteiger partial charge in [-0.15, -0.1) is 0 Å². The van der Waals surface area contributed by atoms with E-state index in [9.17, 15) is 9.18 Å². The minimum Gasteiger partial charge on any atom is -0.325 e. The molecule has 1 atom stereocenters. The Hall–Kier alpha value is -1.98. The SMILES string of the molecule is O=C(Nc1ccc(Cl)c(F)c1)[C@H]1CCCCN1Cc1ccncc1. The summed E-state index contributed by atoms with van der Waals surface area (Å²) in [6.07, 6.45) is 6.40. The summed E-state index contributed by atoms with van der Waals surface area (Å²) < 4.78 is 13.5. The molecule has 2 heterocycles. The maximum Gasteiger partial charge on any atom is 0.241 e. The number of hydrogen-bond donors (Lipinski definition) is 1. The number of hydrogen-bond acceptors (Lipinski definition) is 3. The lowest BCUT2D eigenvalue weighted by molar-refractivity contribution is -0.122. The van der Waals surface area contributed by atoms with Gasteiger partial charge in [-0.05, 0) is 55.3 Å². The zero-order valence-electron chi connectivity index (χ0n) is 13.2. The normalized spacial score (nSPS) is 18.3. The molecule has 24 heavy (non-hydrogen) atoms. The highest BCUT2D eigenvalue weighted by Gasteiger charge is 2.28. The number of benzene rings is 1. The molecule has 0 saturated carbocycles. The van der Waals surface area contributed by atoms with Crippen LogP contribution >= 0.6 is 11.6 Å². The van der Waals surface area contributed by atoms with Crippen molar-refractivity contribution in [3.63, 3.8) is 0 Å². The van der Waals surface area contributed by atoms with Gasteiger partial charge in [0.2, 0.25) is 5.91 Å². The van der Waals surface area contributed by atoms with Crippen molar-refractivity contribution in [2.45, 2.75) is 31.8 Å². The van der Waals surface area contributed by atoms with Gasteiger partial charge >= 0.3 is 0 Å². The van der Waals surface area contributed by atoms with Crippen molar-refractivity contribution in [1.82, 2.24) is 9.88 Å². The molecule has 1 N–H and O–H groups in total. The van der Waals surface area contributed by atoms with Crippen LogP contribution in [0.25, 0.3) is 0 Å². The van der Waals surface area contributed by atoms with Crippen molar-refractivity contribution in [3.05, 3.63) is 59.1 Å². The van der Waals surface area contributed by atoms with Gasteiger partial charge in [0.1, 0.15) is 5.82 Å². The number of aromatic nitrogens is 1. The van der Waals surface area contributed by atoms with Gasteiger partial charge in [-0.3, -0.25) is 14.7 Å². The smallest absolute Gasteiger partial charge is 0.241 e. The number of nitrogens with zero attached hydrogens (tertiary/aromatic N) is 2. The number of halogens is 2. The summed E-state index contributed by atoms with van der Waals surface area (Å²) in [7, 11) is 0. The summed E-state index contributed by atoms with van der Waals surface area (Å²) in [6.45, 7) is 1.57. The highest BCUT2D eigenvalue weighted by Crippen LogP contribution is 2.23. The molecule has 0 bridgehead atoms. The summed E-state index contributed by atoms with van der Waals surface area (Å²) in [5, 5.41) is 2.85. The second kappa shape index (κ2) is 7.73. The molecule has 3 rings (SSSR count). The number of carbonyl (C=O) groups is 1. The number of rotatable bonds is 4. The number of carbonyl (C=O) groups excluding carboxylic acids is 1. The number of nitrogens with one attached hydrogen (secondary N) is 1. The molecule has 1 saturated heterocycles. The van der Waals surface area contributed by atoms with Crippen molar-refractivity contribution >= 4 is 23.2 Å². The van der Waals surface area contributed by atoms with E-state index in [0.717, 1.165) is 31.4 Å². The van der Waals surface area contributed by atoms with E-state index in [4.69, 9.17) is 11.6 Å². The third kappa shape index (κ3) is 4.10. The van der Waals surface area contributed by atoms with E-state index in [2.05, 4.69) is 15.2 Å². The van der Waals surface area contributed by atoms with Crippen LogP contribution in [0.4, 0.5) is 10.1 Å². The van der Waals surface area contributed by atoms with Crippen LogP contribution in [-0.2, 0) is 11.3 Å². The Morgan fingerprint density at radius 1 is 1.29 bits per heavy atom. The third-order valence-corrected chi connectivity index (χ3v) is 4.54. The Balaban J connectivity index is 1.69. The van der Waals surface area contributed by atoms with Gasteiger partial charge in [-0.25, -0.2) is 4.39 Å². The first-order valence-corrected chi connectivity index (χ1v) is 8.40. The summed E-state index contributed by atoms with van der Waals surface area (Å²) in [5.41, 5.74) is 1.55. The monoisotopic (exact) mass is 347 g/mol. The molecule has 1 aliphatic rings. The fourth-order valence-electron chi connectivity index (χ4n) is 3.00. The van der Waals surface area contributed by atoms with Gasteiger partial charge in [0, 0.05) is 24.6 Å². The predicted octanol–water partition coefficient (Wildman–Crippen LogP) is 3.87. The fraction of sp³-hybridized carbons (Fsp3) is 0.333. The Labute approximate surface area is 145 Å². The second-order valence-corrected chi connectivity index (χ2v) is 6.36. The molecule has 4 nitrogen and oxygen atoms in total. The summed E-state index contributed by atoms with van der Waals surface area (Å²) in [4.78, 5) is 18.8. The molecular formula is C18H19ClFN3O. The van der Waals surface area contributed by atoms with Gasteiger partial charge in [-0.2, -0.15) is 0 Å². The zero-order valence-corrected chi connectivity index (χ0v) is 14.0. The molecule has 0 spiro atoms. The van der Waals surface area contributed by atoms with Gasteiger partial charge in [0.05, 0.1) is 11.1 Å². The molecule has 1 aromatic heterocycles. The first kappa shape index (κ1) is 16.9. The van der Waals surface area contributed by atoms with E-state index in [1.54, 1.807) is 18.5 Å². The van der Waals surface area contributed by atoms with E-state index >= 15 is 0 Å². The van der Waals surface area contributed by atoms with E-state index in [-0.39, 0.29) is 17.0 Å². The third-order valence-electron chi connectivity index (χ3n) is 4.24. The van der Waals surface area contributed by atoms with E-state index in [1.807, 2.05) is 12.1 Å². The first-order valence-electron chi connectivity index (χ1n) is 8.02. The number of pyridine rings is 1. The largest absolute Gasteiger partial charge is 0.325 e. The molecule has 2 aromatic rings. The Bertz CT molecular complexity index is 711. The van der Waals surface area contributed by atoms with E-state index in [1.165, 1.54) is 12.1 Å². The number of likely N-dealkylation sites (tertiary alicyclic amines) is 1. The Kier molecular flexibility index (Phi) is 5.43. The lowest BCUT2D eigenvalue weighted by Crippen LogP contribution is -2.46. The van der Waals surface area contributed by atoms with Crippen LogP contribution in [0.5, 0.6) is 0 Å². The van der Waals surface area contributed by atoms with Crippen LogP contribution in [0.1, 0.15) is 24.8 Å². The van der Waals surface area contributed by atoms with Gasteiger partial charge < -0.3 is 5.32 Å². The molecular weight excluding hydrogens is 329 g/mol. The molecule has 1 fully saturated rings. The van der Waals surface area contributed by atoms with E-state index < -0.39 is 5.82 Å². The van der Waals surface area contributed by atoms with Crippen LogP contribution in [0.2, 0.25) is 5.02 Å². The highest BCUT2D eigenvalue weighted by molar-refractivity contribution is 6.30. The zero-order chi connectivity index (χ0) is 16.9. The molecule has 1 aromatic carbocycles. The van der Waals surface area contributed by atoms with Crippen LogP contribution in [-0.4, -0.2) is 28.4 Å². The quantitative estimate of drug-likeness (QED) is 0.913. The number of anilines is 1. The first-order chi connectivity index (χ1) is 11.6. The topological polar surface area (TPSA) is 45.2 Å². The van der Waals surface area contributed by atoms with Crippen molar-refractivity contribution in [2.24, 2.45) is 0 Å². The minimum atomic E-state index is -0.535. The van der Waals surface area contributed by atoms with Crippen molar-refractivity contribution in [1.29, 1.82) is 0 Å². The molecule has 0 radical (unpaired) electrons. The standard InChI is InChI=1S/C18H19ClFN3O/c19-15-5-4-14(11-16(15)20)22-18(24)17-3-1-2-10-23(17)12-13-6-8-21-9-7-13/h4-9,11,17H,1-3,10,12H2,(H,22,24)/t17-/m1/s1. The summed E-state index contributed by atoms with van der Waals surface area (Å²) >= 11 is 5.68. The van der Waals surface area contributed by atoms with Crippen molar-refractivity contribution in [2.75, 3.05) is 11.9 Å². The maximum absolute atomic E-state index is 13.5. The minimum absolute atomic E-state index is 0.0463. The molecule has 1 amide bonds. The average Bonchev–Trinajstić information content (AvgIpc) is 2.59. The van der Waals surface area contributed by atoms with E-state index in [0.29, 0.717) is 12.2 Å². The molecule has 126 valence electrons. The van der Waals surface area contributed by atoms with Gasteiger partial charge in [0.15, 0.2) is 0 Å². The molecule has 0 aliphatic carbocycles. The van der Waals surface area contributed by atoms with Gasteiger partial charge in [-0.1, -0.05) is 18.0 Å². The summed E-state index contributed by atoms with van der Waals surface area (Å²) in [5.74, 6) is -0.641. The lowest BCUT2D eigenvalue weighted by atomic mass is 10.0. The van der Waals surface area contributed by atoms with Crippen molar-refractivity contribution < 1.29 is 9.18 Å². The van der Waals surface area contributed by atoms with Crippen LogP contribution < -0.4 is 5.32 Å². The predicted molar refractivity (Wildman–Crippen MR) is 92.3 cm³/mol. The summed E-state index contributed by atoms with van der Waals surface area (Å²) in [6, 6.07) is 8.00. The van der Waals surface area contributed by atoms with Gasteiger partial charge in [0.25, 0.3) is 0 Å². The number of piperidine rings is 1. The lowest BCUT2D eigenvalue weighted by Gasteiger charge is -2.34. The molecule has 0 unspecified atom stereocenters. The second-order valence-electron chi connectivity index (χ2n) is 5.96.